The lowest BCUT2D eigenvalue weighted by Crippen LogP contribution is -2.18. The molecule has 4 aromatic rings. The monoisotopic (exact) mass is 449 g/mol. The van der Waals surface area contributed by atoms with Crippen molar-refractivity contribution in [3.05, 3.63) is 101 Å². The molecule has 1 aromatic heterocycles. The van der Waals surface area contributed by atoms with Gasteiger partial charge in [0.1, 0.15) is 17.4 Å². The molecule has 9 heteroatoms. The van der Waals surface area contributed by atoms with Crippen LogP contribution in [0.2, 0.25) is 0 Å². The number of hydrogen-bond acceptors (Lipinski definition) is 6. The molecule has 0 aliphatic heterocycles. The van der Waals surface area contributed by atoms with Crippen molar-refractivity contribution in [2.45, 2.75) is 13.1 Å². The Balaban J connectivity index is 1.59. The largest absolute Gasteiger partial charge is 0.496 e. The summed E-state index contributed by atoms with van der Waals surface area (Å²) in [5, 5.41) is 10.4. The zero-order valence-corrected chi connectivity index (χ0v) is 17.8. The number of halogens is 2. The van der Waals surface area contributed by atoms with Gasteiger partial charge in [0.15, 0.2) is 0 Å². The standard InChI is InChI=1S/C24H21F2N5O2/c1-33-21-5-3-2-4-20(21)22(32)31-24(28-15-17-8-12-19(26)13-9-17)29-23(30-31)27-14-16-6-10-18(25)11-7-16/h2-13H,14-15H2,1H3,(H2,27,28,29,30). The van der Waals surface area contributed by atoms with Crippen LogP contribution in [0.4, 0.5) is 20.7 Å². The Morgan fingerprint density at radius 2 is 1.45 bits per heavy atom. The third kappa shape index (κ3) is 5.32. The molecule has 4 rings (SSSR count). The van der Waals surface area contributed by atoms with Crippen LogP contribution in [0, 0.1) is 11.6 Å². The minimum Gasteiger partial charge on any atom is -0.496 e. The molecule has 0 unspecified atom stereocenters. The Bertz CT molecular complexity index is 1240. The first-order chi connectivity index (χ1) is 16.0. The van der Waals surface area contributed by atoms with Crippen LogP contribution in [0.25, 0.3) is 0 Å². The van der Waals surface area contributed by atoms with Gasteiger partial charge in [-0.15, -0.1) is 5.10 Å². The van der Waals surface area contributed by atoms with E-state index in [2.05, 4.69) is 20.7 Å². The van der Waals surface area contributed by atoms with Crippen molar-refractivity contribution in [2.24, 2.45) is 0 Å². The van der Waals surface area contributed by atoms with Crippen molar-refractivity contribution in [2.75, 3.05) is 17.7 Å². The number of rotatable bonds is 8. The van der Waals surface area contributed by atoms with E-state index >= 15 is 0 Å². The number of para-hydroxylation sites is 1. The quantitative estimate of drug-likeness (QED) is 0.413. The highest BCUT2D eigenvalue weighted by molar-refractivity contribution is 5.99. The lowest BCUT2D eigenvalue weighted by molar-refractivity contribution is 0.0944. The van der Waals surface area contributed by atoms with E-state index in [-0.39, 0.29) is 23.5 Å². The zero-order chi connectivity index (χ0) is 23.2. The van der Waals surface area contributed by atoms with E-state index in [1.165, 1.54) is 31.4 Å². The van der Waals surface area contributed by atoms with Crippen LogP contribution >= 0.6 is 0 Å². The van der Waals surface area contributed by atoms with Gasteiger partial charge >= 0.3 is 0 Å². The summed E-state index contributed by atoms with van der Waals surface area (Å²) in [6, 6.07) is 18.8. The fraction of sp³-hybridized carbons (Fsp3) is 0.125. The van der Waals surface area contributed by atoms with Gasteiger partial charge in [-0.1, -0.05) is 36.4 Å². The van der Waals surface area contributed by atoms with Crippen molar-refractivity contribution >= 4 is 17.8 Å². The maximum atomic E-state index is 13.2. The van der Waals surface area contributed by atoms with Crippen LogP contribution < -0.4 is 15.4 Å². The number of anilines is 2. The van der Waals surface area contributed by atoms with Gasteiger partial charge in [0.05, 0.1) is 12.7 Å². The summed E-state index contributed by atoms with van der Waals surface area (Å²) < 4.78 is 32.8. The molecule has 0 saturated carbocycles. The van der Waals surface area contributed by atoms with Crippen molar-refractivity contribution < 1.29 is 18.3 Å². The van der Waals surface area contributed by atoms with Crippen molar-refractivity contribution in [1.29, 1.82) is 0 Å². The van der Waals surface area contributed by atoms with E-state index in [9.17, 15) is 13.6 Å². The summed E-state index contributed by atoms with van der Waals surface area (Å²) in [7, 11) is 1.48. The average molecular weight is 449 g/mol. The number of carbonyl (C=O) groups is 1. The Morgan fingerprint density at radius 1 is 0.879 bits per heavy atom. The second kappa shape index (κ2) is 9.90. The molecule has 0 amide bonds. The van der Waals surface area contributed by atoms with E-state index in [1.807, 2.05) is 0 Å². The first kappa shape index (κ1) is 21.9. The maximum Gasteiger partial charge on any atom is 0.285 e. The number of nitrogens with one attached hydrogen (secondary N) is 2. The highest BCUT2D eigenvalue weighted by Crippen LogP contribution is 2.21. The van der Waals surface area contributed by atoms with Gasteiger partial charge in [-0.2, -0.15) is 9.67 Å². The molecule has 168 valence electrons. The van der Waals surface area contributed by atoms with Crippen LogP contribution in [0.1, 0.15) is 21.5 Å². The minimum atomic E-state index is -0.434. The molecule has 0 aliphatic rings. The van der Waals surface area contributed by atoms with E-state index < -0.39 is 5.91 Å². The number of aromatic nitrogens is 3. The zero-order valence-electron chi connectivity index (χ0n) is 17.8. The number of nitrogens with zero attached hydrogens (tertiary/aromatic N) is 3. The summed E-state index contributed by atoms with van der Waals surface area (Å²) >= 11 is 0. The number of carbonyl (C=O) groups excluding carboxylic acids is 1. The lowest BCUT2D eigenvalue weighted by atomic mass is 10.2. The summed E-state index contributed by atoms with van der Waals surface area (Å²) in [4.78, 5) is 17.6. The van der Waals surface area contributed by atoms with Gasteiger partial charge in [0.2, 0.25) is 11.9 Å². The molecule has 0 saturated heterocycles. The molecule has 0 fully saturated rings. The summed E-state index contributed by atoms with van der Waals surface area (Å²) in [5.74, 6) is -0.267. The van der Waals surface area contributed by atoms with Crippen LogP contribution in [0.3, 0.4) is 0 Å². The third-order valence-electron chi connectivity index (χ3n) is 4.86. The lowest BCUT2D eigenvalue weighted by Gasteiger charge is -2.09. The second-order valence-electron chi connectivity index (χ2n) is 7.14. The summed E-state index contributed by atoms with van der Waals surface area (Å²) in [6.45, 7) is 0.639. The SMILES string of the molecule is COc1ccccc1C(=O)n1nc(NCc2ccc(F)cc2)nc1NCc1ccc(F)cc1. The van der Waals surface area contributed by atoms with Crippen molar-refractivity contribution in [3.63, 3.8) is 0 Å². The molecule has 3 aromatic carbocycles. The van der Waals surface area contributed by atoms with Crippen molar-refractivity contribution in [3.8, 4) is 5.75 Å². The first-order valence-corrected chi connectivity index (χ1v) is 10.1. The third-order valence-corrected chi connectivity index (χ3v) is 4.86. The Kier molecular flexibility index (Phi) is 6.58. The molecule has 7 nitrogen and oxygen atoms in total. The highest BCUT2D eigenvalue weighted by atomic mass is 19.1. The van der Waals surface area contributed by atoms with Gasteiger partial charge in [-0.05, 0) is 47.5 Å². The Morgan fingerprint density at radius 3 is 2.06 bits per heavy atom. The number of benzene rings is 3. The number of hydrogen-bond donors (Lipinski definition) is 2. The number of ether oxygens (including phenoxy) is 1. The fourth-order valence-electron chi connectivity index (χ4n) is 3.15. The molecule has 33 heavy (non-hydrogen) atoms. The van der Waals surface area contributed by atoms with Gasteiger partial charge in [-0.25, -0.2) is 8.78 Å². The molecular weight excluding hydrogens is 428 g/mol. The summed E-state index contributed by atoms with van der Waals surface area (Å²) in [5.41, 5.74) is 1.95. The van der Waals surface area contributed by atoms with E-state index in [1.54, 1.807) is 48.5 Å². The molecule has 0 aliphatic carbocycles. The molecule has 1 heterocycles. The van der Waals surface area contributed by atoms with Crippen LogP contribution in [-0.2, 0) is 13.1 Å². The molecule has 0 radical (unpaired) electrons. The van der Waals surface area contributed by atoms with E-state index in [4.69, 9.17) is 4.74 Å². The topological polar surface area (TPSA) is 81.1 Å². The van der Waals surface area contributed by atoms with Gasteiger partial charge in [0, 0.05) is 13.1 Å². The predicted octanol–water partition coefficient (Wildman–Crippen LogP) is 4.48. The van der Waals surface area contributed by atoms with E-state index in [0.29, 0.717) is 24.4 Å². The van der Waals surface area contributed by atoms with Gasteiger partial charge < -0.3 is 15.4 Å². The number of methoxy groups -OCH3 is 1. The average Bonchev–Trinajstić information content (AvgIpc) is 3.26. The van der Waals surface area contributed by atoms with Crippen LogP contribution in [-0.4, -0.2) is 27.8 Å². The second-order valence-corrected chi connectivity index (χ2v) is 7.14. The summed E-state index contributed by atoms with van der Waals surface area (Å²) in [6.07, 6.45) is 0. The minimum absolute atomic E-state index is 0.205. The highest BCUT2D eigenvalue weighted by Gasteiger charge is 2.20. The van der Waals surface area contributed by atoms with Crippen LogP contribution in [0.5, 0.6) is 5.75 Å². The molecule has 0 atom stereocenters. The van der Waals surface area contributed by atoms with Crippen LogP contribution in [0.15, 0.2) is 72.8 Å². The Hall–Kier alpha value is -4.27. The molecule has 2 N–H and O–H groups in total. The van der Waals surface area contributed by atoms with Crippen molar-refractivity contribution in [1.82, 2.24) is 14.8 Å². The maximum absolute atomic E-state index is 13.2. The molecular formula is C24H21F2N5O2. The van der Waals surface area contributed by atoms with E-state index in [0.717, 1.165) is 15.8 Å². The molecule has 0 bridgehead atoms. The van der Waals surface area contributed by atoms with Gasteiger partial charge in [-0.3, -0.25) is 4.79 Å². The first-order valence-electron chi connectivity index (χ1n) is 10.1. The Labute approximate surface area is 189 Å². The fourth-order valence-corrected chi connectivity index (χ4v) is 3.15. The normalized spacial score (nSPS) is 10.6. The smallest absolute Gasteiger partial charge is 0.285 e. The predicted molar refractivity (Wildman–Crippen MR) is 120 cm³/mol. The van der Waals surface area contributed by atoms with Gasteiger partial charge in [0.25, 0.3) is 5.91 Å². The molecule has 0 spiro atoms.